The molecule has 2 heteroatoms. The maximum Gasteiger partial charge on any atom is 0.157 e. The zero-order valence-corrected chi connectivity index (χ0v) is 9.96. The Morgan fingerprint density at radius 2 is 1.86 bits per heavy atom. The van der Waals surface area contributed by atoms with Crippen molar-refractivity contribution >= 4 is 0 Å². The second kappa shape index (κ2) is 6.41. The highest BCUT2D eigenvalue weighted by Crippen LogP contribution is 2.33. The van der Waals surface area contributed by atoms with Crippen LogP contribution < -0.4 is 0 Å². The van der Waals surface area contributed by atoms with Crippen LogP contribution in [0.5, 0.6) is 0 Å². The summed E-state index contributed by atoms with van der Waals surface area (Å²) in [6.45, 7) is 7.89. The Kier molecular flexibility index (Phi) is 5.49. The molecule has 1 aliphatic rings. The molecule has 0 saturated carbocycles. The number of hydrogen-bond donors (Lipinski definition) is 0. The molecule has 0 bridgehead atoms. The van der Waals surface area contributed by atoms with Gasteiger partial charge in [0.15, 0.2) is 6.23 Å². The molecule has 1 saturated heterocycles. The molecule has 2 nitrogen and oxygen atoms in total. The number of hydroxylamine groups is 2. The lowest BCUT2D eigenvalue weighted by atomic mass is 9.98. The summed E-state index contributed by atoms with van der Waals surface area (Å²) in [6.07, 6.45) is 8.23. The Hall–Kier alpha value is -0.0800. The average molecular weight is 199 g/mol. The van der Waals surface area contributed by atoms with E-state index in [-0.39, 0.29) is 0 Å². The van der Waals surface area contributed by atoms with Crippen LogP contribution in [0, 0.1) is 5.92 Å². The summed E-state index contributed by atoms with van der Waals surface area (Å²) in [6, 6.07) is 0. The summed E-state index contributed by atoms with van der Waals surface area (Å²) in [5, 5.41) is 2.17. The molecule has 0 aromatic heterocycles. The van der Waals surface area contributed by atoms with Gasteiger partial charge < -0.3 is 0 Å². The normalized spacial score (nSPS) is 27.6. The SMILES string of the molecule is CCCCC(CC)C1ON1CCCC. The zero-order valence-electron chi connectivity index (χ0n) is 9.96. The van der Waals surface area contributed by atoms with Gasteiger partial charge in [-0.3, -0.25) is 4.84 Å². The predicted octanol–water partition coefficient (Wildman–Crippen LogP) is 3.58. The van der Waals surface area contributed by atoms with Crippen molar-refractivity contribution in [1.29, 1.82) is 0 Å². The van der Waals surface area contributed by atoms with Gasteiger partial charge in [0.25, 0.3) is 0 Å². The minimum Gasteiger partial charge on any atom is -0.275 e. The highest BCUT2D eigenvalue weighted by molar-refractivity contribution is 4.74. The standard InChI is InChI=1S/C12H25NO/c1-4-7-9-11(6-3)12-13(14-12)10-8-5-2/h11-12H,4-10H2,1-3H3. The van der Waals surface area contributed by atoms with E-state index < -0.39 is 0 Å². The molecule has 1 rings (SSSR count). The fourth-order valence-corrected chi connectivity index (χ4v) is 1.94. The molecular formula is C12H25NO. The van der Waals surface area contributed by atoms with Crippen LogP contribution in [0.25, 0.3) is 0 Å². The molecule has 1 heterocycles. The Morgan fingerprint density at radius 3 is 2.43 bits per heavy atom. The second-order valence-corrected chi connectivity index (χ2v) is 4.30. The molecule has 14 heavy (non-hydrogen) atoms. The van der Waals surface area contributed by atoms with Crippen molar-refractivity contribution in [3.8, 4) is 0 Å². The monoisotopic (exact) mass is 199 g/mol. The quantitative estimate of drug-likeness (QED) is 0.555. The Bertz CT molecular complexity index is 149. The average Bonchev–Trinajstić information content (AvgIpc) is 2.96. The van der Waals surface area contributed by atoms with Crippen LogP contribution >= 0.6 is 0 Å². The van der Waals surface area contributed by atoms with E-state index >= 15 is 0 Å². The summed E-state index contributed by atoms with van der Waals surface area (Å²) >= 11 is 0. The van der Waals surface area contributed by atoms with Gasteiger partial charge in [-0.05, 0) is 19.3 Å². The summed E-state index contributed by atoms with van der Waals surface area (Å²) in [4.78, 5) is 5.60. The zero-order chi connectivity index (χ0) is 10.4. The van der Waals surface area contributed by atoms with Crippen molar-refractivity contribution in [1.82, 2.24) is 5.06 Å². The van der Waals surface area contributed by atoms with Crippen molar-refractivity contribution in [3.05, 3.63) is 0 Å². The summed E-state index contributed by atoms with van der Waals surface area (Å²) in [7, 11) is 0. The Balaban J connectivity index is 2.14. The van der Waals surface area contributed by atoms with Gasteiger partial charge in [0.1, 0.15) is 0 Å². The number of unbranched alkanes of at least 4 members (excludes halogenated alkanes) is 2. The van der Waals surface area contributed by atoms with E-state index in [0.29, 0.717) is 6.23 Å². The fourth-order valence-electron chi connectivity index (χ4n) is 1.94. The van der Waals surface area contributed by atoms with Crippen LogP contribution in [0.2, 0.25) is 0 Å². The van der Waals surface area contributed by atoms with Gasteiger partial charge in [-0.15, -0.1) is 0 Å². The number of rotatable bonds is 8. The summed E-state index contributed by atoms with van der Waals surface area (Å²) in [5.41, 5.74) is 0. The third-order valence-electron chi connectivity index (χ3n) is 3.07. The lowest BCUT2D eigenvalue weighted by Crippen LogP contribution is -2.13. The maximum atomic E-state index is 5.60. The first-order chi connectivity index (χ1) is 6.83. The van der Waals surface area contributed by atoms with Gasteiger partial charge in [0, 0.05) is 12.5 Å². The van der Waals surface area contributed by atoms with E-state index in [1.54, 1.807) is 0 Å². The molecule has 0 radical (unpaired) electrons. The molecule has 1 fully saturated rings. The van der Waals surface area contributed by atoms with E-state index in [2.05, 4.69) is 25.8 Å². The Morgan fingerprint density at radius 1 is 1.14 bits per heavy atom. The van der Waals surface area contributed by atoms with Crippen molar-refractivity contribution in [2.45, 2.75) is 65.5 Å². The molecule has 3 unspecified atom stereocenters. The molecule has 84 valence electrons. The first-order valence-corrected chi connectivity index (χ1v) is 6.26. The van der Waals surface area contributed by atoms with Crippen LogP contribution in [-0.2, 0) is 4.84 Å². The van der Waals surface area contributed by atoms with E-state index in [1.165, 1.54) is 38.5 Å². The van der Waals surface area contributed by atoms with E-state index in [4.69, 9.17) is 4.84 Å². The first-order valence-electron chi connectivity index (χ1n) is 6.26. The topological polar surface area (TPSA) is 15.5 Å². The maximum absolute atomic E-state index is 5.60. The largest absolute Gasteiger partial charge is 0.275 e. The highest BCUT2D eigenvalue weighted by Gasteiger charge is 2.40. The van der Waals surface area contributed by atoms with Crippen LogP contribution in [0.4, 0.5) is 0 Å². The smallest absolute Gasteiger partial charge is 0.157 e. The van der Waals surface area contributed by atoms with E-state index in [1.807, 2.05) is 0 Å². The van der Waals surface area contributed by atoms with E-state index in [0.717, 1.165) is 12.5 Å². The molecular weight excluding hydrogens is 174 g/mol. The number of nitrogens with zero attached hydrogens (tertiary/aromatic N) is 1. The van der Waals surface area contributed by atoms with Gasteiger partial charge in [0.05, 0.1) is 0 Å². The summed E-state index contributed by atoms with van der Waals surface area (Å²) < 4.78 is 0. The molecule has 0 aliphatic carbocycles. The molecule has 1 aliphatic heterocycles. The van der Waals surface area contributed by atoms with Crippen LogP contribution in [0.15, 0.2) is 0 Å². The minimum absolute atomic E-state index is 0.457. The minimum atomic E-state index is 0.457. The lowest BCUT2D eigenvalue weighted by molar-refractivity contribution is 0.192. The van der Waals surface area contributed by atoms with Crippen molar-refractivity contribution in [3.63, 3.8) is 0 Å². The van der Waals surface area contributed by atoms with Gasteiger partial charge >= 0.3 is 0 Å². The van der Waals surface area contributed by atoms with Gasteiger partial charge in [-0.1, -0.05) is 40.0 Å². The predicted molar refractivity (Wildman–Crippen MR) is 59.8 cm³/mol. The fraction of sp³-hybridized carbons (Fsp3) is 1.00. The third-order valence-corrected chi connectivity index (χ3v) is 3.07. The summed E-state index contributed by atoms with van der Waals surface area (Å²) in [5.74, 6) is 0.770. The lowest BCUT2D eigenvalue weighted by Gasteiger charge is -2.10. The van der Waals surface area contributed by atoms with Gasteiger partial charge in [-0.25, -0.2) is 0 Å². The van der Waals surface area contributed by atoms with Crippen molar-refractivity contribution in [2.75, 3.05) is 6.54 Å². The van der Waals surface area contributed by atoms with Gasteiger partial charge in [0.2, 0.25) is 0 Å². The van der Waals surface area contributed by atoms with Crippen molar-refractivity contribution in [2.24, 2.45) is 5.92 Å². The first kappa shape index (κ1) is 12.0. The molecule has 0 spiro atoms. The van der Waals surface area contributed by atoms with Crippen LogP contribution in [0.1, 0.15) is 59.3 Å². The van der Waals surface area contributed by atoms with Crippen LogP contribution in [0.3, 0.4) is 0 Å². The van der Waals surface area contributed by atoms with Gasteiger partial charge in [-0.2, -0.15) is 5.06 Å². The highest BCUT2D eigenvalue weighted by atomic mass is 16.8. The molecule has 3 atom stereocenters. The second-order valence-electron chi connectivity index (χ2n) is 4.30. The van der Waals surface area contributed by atoms with E-state index in [9.17, 15) is 0 Å². The molecule has 0 amide bonds. The molecule has 0 N–H and O–H groups in total. The Labute approximate surface area is 88.6 Å². The molecule has 0 aromatic rings. The van der Waals surface area contributed by atoms with Crippen LogP contribution in [-0.4, -0.2) is 17.8 Å². The molecule has 0 aromatic carbocycles. The number of hydrogen-bond acceptors (Lipinski definition) is 2. The van der Waals surface area contributed by atoms with Crippen molar-refractivity contribution < 1.29 is 4.84 Å². The third kappa shape index (κ3) is 3.58.